The van der Waals surface area contributed by atoms with Gasteiger partial charge in [-0.15, -0.1) is 0 Å². The molecule has 0 radical (unpaired) electrons. The van der Waals surface area contributed by atoms with E-state index in [1.807, 2.05) is 18.2 Å². The molecular weight excluding hydrogens is 246 g/mol. The molecule has 92 valence electrons. The molecule has 0 spiro atoms. The van der Waals surface area contributed by atoms with E-state index >= 15 is 0 Å². The summed E-state index contributed by atoms with van der Waals surface area (Å²) in [5.74, 6) is 0.825. The Hall–Kier alpha value is -1.67. The molecule has 0 aliphatic carbocycles. The lowest BCUT2D eigenvalue weighted by Crippen LogP contribution is -2.23. The number of benzene rings is 2. The summed E-state index contributed by atoms with van der Waals surface area (Å²) in [5, 5.41) is 4.17. The average Bonchev–Trinajstić information content (AvgIpc) is 2.39. The Morgan fingerprint density at radius 1 is 1.17 bits per heavy atom. The molecule has 0 saturated heterocycles. The second-order valence-electron chi connectivity index (χ2n) is 4.56. The van der Waals surface area contributed by atoms with Crippen molar-refractivity contribution >= 4 is 17.3 Å². The lowest BCUT2D eigenvalue weighted by Gasteiger charge is -2.28. The second-order valence-corrected chi connectivity index (χ2v) is 5.00. The van der Waals surface area contributed by atoms with Crippen molar-refractivity contribution in [2.45, 2.75) is 13.0 Å². The summed E-state index contributed by atoms with van der Waals surface area (Å²) in [6.45, 7) is 2.71. The van der Waals surface area contributed by atoms with Crippen LogP contribution in [0, 0.1) is 6.92 Å². The quantitative estimate of drug-likeness (QED) is 0.829. The van der Waals surface area contributed by atoms with E-state index in [0.717, 1.165) is 11.4 Å². The molecular formula is C15H14ClNO. The van der Waals surface area contributed by atoms with Crippen LogP contribution in [-0.2, 0) is 0 Å². The maximum Gasteiger partial charge on any atom is 0.144 e. The topological polar surface area (TPSA) is 21.3 Å². The SMILES string of the molecule is Cc1ccc([C@@H]2COc3cc(Cl)ccc3N2)cc1. The number of hydrogen-bond acceptors (Lipinski definition) is 2. The fourth-order valence-corrected chi connectivity index (χ4v) is 2.28. The molecule has 2 nitrogen and oxygen atoms in total. The van der Waals surface area contributed by atoms with E-state index in [9.17, 15) is 0 Å². The Labute approximate surface area is 112 Å². The maximum atomic E-state index is 5.94. The molecule has 3 rings (SSSR count). The van der Waals surface area contributed by atoms with Crippen LogP contribution in [-0.4, -0.2) is 6.61 Å². The number of hydrogen-bond donors (Lipinski definition) is 1. The fourth-order valence-electron chi connectivity index (χ4n) is 2.12. The smallest absolute Gasteiger partial charge is 0.144 e. The highest BCUT2D eigenvalue weighted by Crippen LogP contribution is 2.35. The summed E-state index contributed by atoms with van der Waals surface area (Å²) < 4.78 is 5.75. The lowest BCUT2D eigenvalue weighted by atomic mass is 10.0. The number of anilines is 1. The third-order valence-electron chi connectivity index (χ3n) is 3.16. The molecule has 2 aromatic rings. The summed E-state index contributed by atoms with van der Waals surface area (Å²) in [6.07, 6.45) is 0. The minimum atomic E-state index is 0.194. The molecule has 0 amide bonds. The van der Waals surface area contributed by atoms with Crippen molar-refractivity contribution < 1.29 is 4.74 Å². The zero-order chi connectivity index (χ0) is 12.5. The molecule has 1 aliphatic heterocycles. The molecule has 0 saturated carbocycles. The predicted molar refractivity (Wildman–Crippen MR) is 74.5 cm³/mol. The molecule has 18 heavy (non-hydrogen) atoms. The zero-order valence-corrected chi connectivity index (χ0v) is 10.9. The molecule has 1 heterocycles. The monoisotopic (exact) mass is 259 g/mol. The maximum absolute atomic E-state index is 5.94. The summed E-state index contributed by atoms with van der Waals surface area (Å²) >= 11 is 5.94. The van der Waals surface area contributed by atoms with Crippen LogP contribution in [0.1, 0.15) is 17.2 Å². The van der Waals surface area contributed by atoms with E-state index in [4.69, 9.17) is 16.3 Å². The van der Waals surface area contributed by atoms with E-state index < -0.39 is 0 Å². The van der Waals surface area contributed by atoms with Crippen molar-refractivity contribution in [2.75, 3.05) is 11.9 Å². The molecule has 1 atom stereocenters. The van der Waals surface area contributed by atoms with E-state index in [-0.39, 0.29) is 6.04 Å². The number of halogens is 1. The largest absolute Gasteiger partial charge is 0.489 e. The average molecular weight is 260 g/mol. The van der Waals surface area contributed by atoms with Crippen LogP contribution in [0.5, 0.6) is 5.75 Å². The lowest BCUT2D eigenvalue weighted by molar-refractivity contribution is 0.286. The fraction of sp³-hybridized carbons (Fsp3) is 0.200. The van der Waals surface area contributed by atoms with Gasteiger partial charge in [0.2, 0.25) is 0 Å². The van der Waals surface area contributed by atoms with Gasteiger partial charge in [-0.25, -0.2) is 0 Å². The Morgan fingerprint density at radius 2 is 1.94 bits per heavy atom. The van der Waals surface area contributed by atoms with Crippen molar-refractivity contribution in [1.29, 1.82) is 0 Å². The van der Waals surface area contributed by atoms with E-state index in [1.54, 1.807) is 0 Å². The first-order chi connectivity index (χ1) is 8.72. The van der Waals surface area contributed by atoms with Gasteiger partial charge in [-0.05, 0) is 24.6 Å². The van der Waals surface area contributed by atoms with Crippen molar-refractivity contribution in [3.63, 3.8) is 0 Å². The van der Waals surface area contributed by atoms with Crippen LogP contribution in [0.25, 0.3) is 0 Å². The Morgan fingerprint density at radius 3 is 2.72 bits per heavy atom. The molecule has 0 aromatic heterocycles. The first-order valence-corrected chi connectivity index (χ1v) is 6.35. The van der Waals surface area contributed by atoms with Crippen molar-refractivity contribution in [1.82, 2.24) is 0 Å². The summed E-state index contributed by atoms with van der Waals surface area (Å²) in [7, 11) is 0. The number of rotatable bonds is 1. The first-order valence-electron chi connectivity index (χ1n) is 5.98. The van der Waals surface area contributed by atoms with Gasteiger partial charge in [0.25, 0.3) is 0 Å². The summed E-state index contributed by atoms with van der Waals surface area (Å²) in [4.78, 5) is 0. The summed E-state index contributed by atoms with van der Waals surface area (Å²) in [6, 6.07) is 14.4. The number of ether oxygens (including phenoxy) is 1. The number of fused-ring (bicyclic) bond motifs is 1. The molecule has 3 heteroatoms. The van der Waals surface area contributed by atoms with Crippen molar-refractivity contribution in [3.05, 3.63) is 58.6 Å². The van der Waals surface area contributed by atoms with E-state index in [1.165, 1.54) is 11.1 Å². The van der Waals surface area contributed by atoms with E-state index in [2.05, 4.69) is 36.5 Å². The van der Waals surface area contributed by atoms with Crippen molar-refractivity contribution in [3.8, 4) is 5.75 Å². The Bertz CT molecular complexity index is 565. The van der Waals surface area contributed by atoms with Gasteiger partial charge >= 0.3 is 0 Å². The van der Waals surface area contributed by atoms with Crippen LogP contribution < -0.4 is 10.1 Å². The van der Waals surface area contributed by atoms with Crippen LogP contribution in [0.2, 0.25) is 5.02 Å². The third-order valence-corrected chi connectivity index (χ3v) is 3.39. The van der Waals surface area contributed by atoms with Gasteiger partial charge in [-0.2, -0.15) is 0 Å². The van der Waals surface area contributed by atoms with Crippen LogP contribution in [0.15, 0.2) is 42.5 Å². The van der Waals surface area contributed by atoms with Crippen LogP contribution in [0.3, 0.4) is 0 Å². The summed E-state index contributed by atoms with van der Waals surface area (Å²) in [5.41, 5.74) is 3.50. The molecule has 0 unspecified atom stereocenters. The van der Waals surface area contributed by atoms with Gasteiger partial charge < -0.3 is 10.1 Å². The van der Waals surface area contributed by atoms with Gasteiger partial charge in [-0.1, -0.05) is 41.4 Å². The minimum Gasteiger partial charge on any atom is -0.489 e. The van der Waals surface area contributed by atoms with E-state index in [0.29, 0.717) is 11.6 Å². The molecule has 2 aromatic carbocycles. The molecule has 1 N–H and O–H groups in total. The van der Waals surface area contributed by atoms with Gasteiger partial charge in [0.05, 0.1) is 11.7 Å². The first kappa shape index (κ1) is 11.4. The Balaban J connectivity index is 1.86. The third kappa shape index (κ3) is 2.16. The highest BCUT2D eigenvalue weighted by molar-refractivity contribution is 6.30. The van der Waals surface area contributed by atoms with Crippen LogP contribution >= 0.6 is 11.6 Å². The standard InChI is InChI=1S/C15H14ClNO/c1-10-2-4-11(5-3-10)14-9-18-15-8-12(16)6-7-13(15)17-14/h2-8,14,17H,9H2,1H3/t14-/m0/s1. The van der Waals surface area contributed by atoms with Crippen LogP contribution in [0.4, 0.5) is 5.69 Å². The van der Waals surface area contributed by atoms with Gasteiger partial charge in [-0.3, -0.25) is 0 Å². The number of aryl methyl sites for hydroxylation is 1. The molecule has 1 aliphatic rings. The predicted octanol–water partition coefficient (Wildman–Crippen LogP) is 4.19. The number of nitrogens with one attached hydrogen (secondary N) is 1. The highest BCUT2D eigenvalue weighted by atomic mass is 35.5. The molecule has 0 bridgehead atoms. The van der Waals surface area contributed by atoms with Gasteiger partial charge in [0, 0.05) is 11.1 Å². The van der Waals surface area contributed by atoms with Crippen molar-refractivity contribution in [2.24, 2.45) is 0 Å². The molecule has 0 fully saturated rings. The Kier molecular flexibility index (Phi) is 2.88. The second kappa shape index (κ2) is 4.54. The zero-order valence-electron chi connectivity index (χ0n) is 10.1. The van der Waals surface area contributed by atoms with Gasteiger partial charge in [0.1, 0.15) is 12.4 Å². The normalized spacial score (nSPS) is 17.6. The minimum absolute atomic E-state index is 0.194. The van der Waals surface area contributed by atoms with Gasteiger partial charge in [0.15, 0.2) is 0 Å². The highest BCUT2D eigenvalue weighted by Gasteiger charge is 2.20.